The molecule has 3 nitrogen and oxygen atoms in total. The van der Waals surface area contributed by atoms with E-state index < -0.39 is 0 Å². The van der Waals surface area contributed by atoms with Gasteiger partial charge in [-0.1, -0.05) is 18.2 Å². The number of hydrogen-bond acceptors (Lipinski definition) is 3. The van der Waals surface area contributed by atoms with Gasteiger partial charge in [-0.15, -0.1) is 0 Å². The number of rotatable bonds is 5. The summed E-state index contributed by atoms with van der Waals surface area (Å²) in [6, 6.07) is 10.7. The molecule has 1 fully saturated rings. The van der Waals surface area contributed by atoms with Crippen molar-refractivity contribution in [1.29, 1.82) is 0 Å². The van der Waals surface area contributed by atoms with Crippen molar-refractivity contribution in [2.45, 2.75) is 25.4 Å². The molecule has 1 aliphatic rings. The van der Waals surface area contributed by atoms with Crippen LogP contribution in [0.25, 0.3) is 11.1 Å². The van der Waals surface area contributed by atoms with Crippen LogP contribution < -0.4 is 10.1 Å². The average molecular weight is 243 g/mol. The van der Waals surface area contributed by atoms with Gasteiger partial charge in [0.2, 0.25) is 0 Å². The minimum absolute atomic E-state index is 0.681. The van der Waals surface area contributed by atoms with Crippen molar-refractivity contribution < 1.29 is 9.15 Å². The van der Waals surface area contributed by atoms with E-state index in [0.29, 0.717) is 6.04 Å². The van der Waals surface area contributed by atoms with Crippen molar-refractivity contribution in [2.24, 2.45) is 0 Å². The summed E-state index contributed by atoms with van der Waals surface area (Å²) in [7, 11) is 1.70. The molecular weight excluding hydrogens is 226 g/mol. The van der Waals surface area contributed by atoms with E-state index in [2.05, 4.69) is 11.4 Å². The lowest BCUT2D eigenvalue weighted by molar-refractivity contribution is 0.416. The van der Waals surface area contributed by atoms with Gasteiger partial charge in [-0.05, 0) is 25.0 Å². The molecule has 0 atom stereocenters. The summed E-state index contributed by atoms with van der Waals surface area (Å²) in [5.41, 5.74) is 2.20. The third-order valence-electron chi connectivity index (χ3n) is 3.27. The van der Waals surface area contributed by atoms with Crippen LogP contribution in [0.1, 0.15) is 18.6 Å². The van der Waals surface area contributed by atoms with Crippen LogP contribution in [0.15, 0.2) is 41.0 Å². The maximum absolute atomic E-state index is 5.58. The van der Waals surface area contributed by atoms with Gasteiger partial charge in [0, 0.05) is 17.2 Å². The molecule has 1 heterocycles. The van der Waals surface area contributed by atoms with Gasteiger partial charge >= 0.3 is 0 Å². The number of ether oxygens (including phenoxy) is 1. The van der Waals surface area contributed by atoms with Crippen LogP contribution in [0.2, 0.25) is 0 Å². The molecule has 0 aliphatic heterocycles. The second-order valence-corrected chi connectivity index (χ2v) is 4.61. The average Bonchev–Trinajstić information content (AvgIpc) is 3.13. The fraction of sp³-hybridized carbons (Fsp3) is 0.333. The van der Waals surface area contributed by atoms with Gasteiger partial charge in [0.1, 0.15) is 11.5 Å². The summed E-state index contributed by atoms with van der Waals surface area (Å²) < 4.78 is 11.0. The summed E-state index contributed by atoms with van der Waals surface area (Å²) in [4.78, 5) is 0. The summed E-state index contributed by atoms with van der Waals surface area (Å²) in [6.45, 7) is 0.783. The zero-order chi connectivity index (χ0) is 12.4. The van der Waals surface area contributed by atoms with Gasteiger partial charge in [-0.3, -0.25) is 0 Å². The minimum Gasteiger partial charge on any atom is -0.496 e. The van der Waals surface area contributed by atoms with Gasteiger partial charge in [0.25, 0.3) is 0 Å². The van der Waals surface area contributed by atoms with E-state index in [1.807, 2.05) is 24.3 Å². The van der Waals surface area contributed by atoms with Crippen molar-refractivity contribution in [2.75, 3.05) is 7.11 Å². The lowest BCUT2D eigenvalue weighted by Gasteiger charge is -2.08. The van der Waals surface area contributed by atoms with Crippen LogP contribution >= 0.6 is 0 Å². The Labute approximate surface area is 107 Å². The summed E-state index contributed by atoms with van der Waals surface area (Å²) >= 11 is 0. The fourth-order valence-electron chi connectivity index (χ4n) is 2.11. The molecule has 94 valence electrons. The third-order valence-corrected chi connectivity index (χ3v) is 3.27. The molecule has 0 radical (unpaired) electrons. The lowest BCUT2D eigenvalue weighted by atomic mass is 10.1. The van der Waals surface area contributed by atoms with Crippen LogP contribution in [0.5, 0.6) is 5.75 Å². The lowest BCUT2D eigenvalue weighted by Crippen LogP contribution is -2.15. The largest absolute Gasteiger partial charge is 0.496 e. The Morgan fingerprint density at radius 2 is 2.06 bits per heavy atom. The molecule has 1 saturated carbocycles. The Hall–Kier alpha value is -1.74. The predicted octanol–water partition coefficient (Wildman–Crippen LogP) is 3.21. The molecule has 1 aromatic heterocycles. The van der Waals surface area contributed by atoms with E-state index in [-0.39, 0.29) is 0 Å². The predicted molar refractivity (Wildman–Crippen MR) is 70.6 cm³/mol. The van der Waals surface area contributed by atoms with Crippen molar-refractivity contribution in [3.63, 3.8) is 0 Å². The molecule has 1 aromatic carbocycles. The van der Waals surface area contributed by atoms with E-state index in [9.17, 15) is 0 Å². The molecule has 1 N–H and O–H groups in total. The number of methoxy groups -OCH3 is 1. The first kappa shape index (κ1) is 11.4. The van der Waals surface area contributed by atoms with E-state index in [0.717, 1.165) is 29.2 Å². The number of hydrogen-bond donors (Lipinski definition) is 1. The van der Waals surface area contributed by atoms with Crippen LogP contribution in [0.3, 0.4) is 0 Å². The van der Waals surface area contributed by atoms with E-state index in [1.54, 1.807) is 13.4 Å². The monoisotopic (exact) mass is 243 g/mol. The molecule has 18 heavy (non-hydrogen) atoms. The Kier molecular flexibility index (Phi) is 3.07. The first-order valence-electron chi connectivity index (χ1n) is 6.31. The zero-order valence-corrected chi connectivity index (χ0v) is 10.5. The molecule has 0 saturated heterocycles. The van der Waals surface area contributed by atoms with Gasteiger partial charge in [-0.25, -0.2) is 0 Å². The zero-order valence-electron chi connectivity index (χ0n) is 10.5. The molecule has 0 amide bonds. The highest BCUT2D eigenvalue weighted by Crippen LogP contribution is 2.33. The highest BCUT2D eigenvalue weighted by atomic mass is 16.5. The van der Waals surface area contributed by atoms with Crippen LogP contribution in [0, 0.1) is 0 Å². The topological polar surface area (TPSA) is 34.4 Å². The summed E-state index contributed by atoms with van der Waals surface area (Å²) in [6.07, 6.45) is 4.31. The van der Waals surface area contributed by atoms with Crippen LogP contribution in [-0.2, 0) is 6.54 Å². The Balaban J connectivity index is 1.88. The van der Waals surface area contributed by atoms with Crippen molar-refractivity contribution in [1.82, 2.24) is 5.32 Å². The fourth-order valence-corrected chi connectivity index (χ4v) is 2.11. The highest BCUT2D eigenvalue weighted by Gasteiger charge is 2.21. The number of nitrogens with one attached hydrogen (secondary N) is 1. The number of para-hydroxylation sites is 1. The Morgan fingerprint density at radius 1 is 1.22 bits per heavy atom. The van der Waals surface area contributed by atoms with Crippen LogP contribution in [0.4, 0.5) is 0 Å². The Morgan fingerprint density at radius 3 is 2.83 bits per heavy atom. The van der Waals surface area contributed by atoms with E-state index in [1.165, 1.54) is 12.8 Å². The maximum Gasteiger partial charge on any atom is 0.126 e. The van der Waals surface area contributed by atoms with Gasteiger partial charge in [0.05, 0.1) is 19.9 Å². The van der Waals surface area contributed by atoms with E-state index >= 15 is 0 Å². The second-order valence-electron chi connectivity index (χ2n) is 4.61. The van der Waals surface area contributed by atoms with Crippen molar-refractivity contribution in [3.05, 3.63) is 42.4 Å². The molecule has 2 aromatic rings. The molecule has 3 heteroatoms. The smallest absolute Gasteiger partial charge is 0.126 e. The third kappa shape index (κ3) is 2.27. The van der Waals surface area contributed by atoms with Gasteiger partial charge in [-0.2, -0.15) is 0 Å². The SMILES string of the molecule is COc1ccccc1-c1ccoc1CNC1CC1. The molecule has 0 spiro atoms. The molecule has 0 unspecified atom stereocenters. The first-order valence-corrected chi connectivity index (χ1v) is 6.31. The van der Waals surface area contributed by atoms with E-state index in [4.69, 9.17) is 9.15 Å². The van der Waals surface area contributed by atoms with Crippen molar-refractivity contribution >= 4 is 0 Å². The second kappa shape index (κ2) is 4.86. The van der Waals surface area contributed by atoms with Gasteiger partial charge < -0.3 is 14.5 Å². The molecular formula is C15H17NO2. The summed E-state index contributed by atoms with van der Waals surface area (Å²) in [5, 5.41) is 3.47. The molecule has 3 rings (SSSR count). The quantitative estimate of drug-likeness (QED) is 0.875. The minimum atomic E-state index is 0.681. The maximum atomic E-state index is 5.58. The van der Waals surface area contributed by atoms with Crippen molar-refractivity contribution in [3.8, 4) is 16.9 Å². The summed E-state index contributed by atoms with van der Waals surface area (Å²) in [5.74, 6) is 1.86. The highest BCUT2D eigenvalue weighted by molar-refractivity contribution is 5.71. The van der Waals surface area contributed by atoms with Gasteiger partial charge in [0.15, 0.2) is 0 Å². The standard InChI is InChI=1S/C15H17NO2/c1-17-14-5-3-2-4-12(14)13-8-9-18-15(13)10-16-11-6-7-11/h2-5,8-9,11,16H,6-7,10H2,1H3. The molecule has 0 bridgehead atoms. The number of furan rings is 1. The van der Waals surface area contributed by atoms with Crippen LogP contribution in [-0.4, -0.2) is 13.2 Å². The molecule has 1 aliphatic carbocycles. The normalized spacial score (nSPS) is 14.7. The number of benzene rings is 1. The first-order chi connectivity index (χ1) is 8.88. The Bertz CT molecular complexity index is 529.